The number of nitrogen functional groups attached to an aromatic ring is 1. The van der Waals surface area contributed by atoms with Crippen molar-refractivity contribution in [3.05, 3.63) is 62.0 Å². The molecule has 0 bridgehead atoms. The summed E-state index contributed by atoms with van der Waals surface area (Å²) in [6, 6.07) is 6.21. The molecule has 0 atom stereocenters. The Morgan fingerprint density at radius 2 is 2.19 bits per heavy atom. The van der Waals surface area contributed by atoms with Gasteiger partial charge >= 0.3 is 0 Å². The third kappa shape index (κ3) is 2.36. The standard InChI is InChI=1S/C13H10N4O3S/c14-9-5-8(1-2-11(9)17(19)20)6-16-7-15-10-3-4-21-12(10)13(16)18/h1-5,7H,6,14H2. The Morgan fingerprint density at radius 3 is 2.90 bits per heavy atom. The molecular formula is C13H10N4O3S. The van der Waals surface area contributed by atoms with Crippen LogP contribution >= 0.6 is 11.3 Å². The van der Waals surface area contributed by atoms with Gasteiger partial charge in [-0.2, -0.15) is 0 Å². The van der Waals surface area contributed by atoms with E-state index in [1.54, 1.807) is 12.1 Å². The number of nitrogens with two attached hydrogens (primary N) is 1. The van der Waals surface area contributed by atoms with E-state index in [9.17, 15) is 14.9 Å². The van der Waals surface area contributed by atoms with Gasteiger partial charge in [0, 0.05) is 6.07 Å². The van der Waals surface area contributed by atoms with Crippen LogP contribution in [0, 0.1) is 10.1 Å². The SMILES string of the molecule is Nc1cc(Cn2cnc3ccsc3c2=O)ccc1[N+](=O)[O-]. The van der Waals surface area contributed by atoms with Crippen LogP contribution in [0.4, 0.5) is 11.4 Å². The van der Waals surface area contributed by atoms with Gasteiger partial charge in [0.25, 0.3) is 11.2 Å². The maximum Gasteiger partial charge on any atom is 0.292 e. The molecule has 1 aromatic carbocycles. The van der Waals surface area contributed by atoms with Crippen molar-refractivity contribution in [3.63, 3.8) is 0 Å². The predicted molar refractivity (Wildman–Crippen MR) is 80.5 cm³/mol. The van der Waals surface area contributed by atoms with E-state index in [0.717, 1.165) is 0 Å². The summed E-state index contributed by atoms with van der Waals surface area (Å²) < 4.78 is 2.05. The Kier molecular flexibility index (Phi) is 3.15. The lowest BCUT2D eigenvalue weighted by molar-refractivity contribution is -0.383. The van der Waals surface area contributed by atoms with Crippen LogP contribution in [-0.4, -0.2) is 14.5 Å². The number of anilines is 1. The highest BCUT2D eigenvalue weighted by Gasteiger charge is 2.12. The molecule has 0 fully saturated rings. The average molecular weight is 302 g/mol. The molecule has 0 aliphatic carbocycles. The summed E-state index contributed by atoms with van der Waals surface area (Å²) in [4.78, 5) is 26.6. The maximum atomic E-state index is 12.2. The van der Waals surface area contributed by atoms with Crippen LogP contribution in [0.5, 0.6) is 0 Å². The van der Waals surface area contributed by atoms with Crippen LogP contribution in [0.2, 0.25) is 0 Å². The molecule has 0 saturated heterocycles. The Morgan fingerprint density at radius 1 is 1.38 bits per heavy atom. The van der Waals surface area contributed by atoms with E-state index in [1.807, 2.05) is 5.38 Å². The van der Waals surface area contributed by atoms with E-state index in [4.69, 9.17) is 5.73 Å². The quantitative estimate of drug-likeness (QED) is 0.452. The normalized spacial score (nSPS) is 10.9. The number of thiophene rings is 1. The van der Waals surface area contributed by atoms with Gasteiger partial charge in [0.05, 0.1) is 23.3 Å². The van der Waals surface area contributed by atoms with Gasteiger partial charge in [-0.1, -0.05) is 6.07 Å². The molecule has 3 aromatic rings. The lowest BCUT2D eigenvalue weighted by Gasteiger charge is -2.06. The summed E-state index contributed by atoms with van der Waals surface area (Å²) in [5.74, 6) is 0. The van der Waals surface area contributed by atoms with Gasteiger partial charge in [0.15, 0.2) is 0 Å². The summed E-state index contributed by atoms with van der Waals surface area (Å²) >= 11 is 1.34. The van der Waals surface area contributed by atoms with E-state index in [2.05, 4.69) is 4.98 Å². The smallest absolute Gasteiger partial charge is 0.292 e. The maximum absolute atomic E-state index is 12.2. The monoisotopic (exact) mass is 302 g/mol. The number of rotatable bonds is 3. The van der Waals surface area contributed by atoms with E-state index in [1.165, 1.54) is 34.4 Å². The van der Waals surface area contributed by atoms with Crippen molar-refractivity contribution < 1.29 is 4.92 Å². The second-order valence-electron chi connectivity index (χ2n) is 4.46. The summed E-state index contributed by atoms with van der Waals surface area (Å²) in [6.07, 6.45) is 1.47. The highest BCUT2D eigenvalue weighted by Crippen LogP contribution is 2.22. The number of benzene rings is 1. The fourth-order valence-corrected chi connectivity index (χ4v) is 2.85. The van der Waals surface area contributed by atoms with Crippen molar-refractivity contribution in [1.29, 1.82) is 0 Å². The molecule has 0 saturated carbocycles. The fourth-order valence-electron chi connectivity index (χ4n) is 2.06. The zero-order valence-corrected chi connectivity index (χ0v) is 11.5. The molecule has 2 N–H and O–H groups in total. The van der Waals surface area contributed by atoms with Crippen molar-refractivity contribution in [2.24, 2.45) is 0 Å². The molecule has 0 aliphatic heterocycles. The molecule has 21 heavy (non-hydrogen) atoms. The Bertz CT molecular complexity index is 900. The highest BCUT2D eigenvalue weighted by atomic mass is 32.1. The molecule has 7 nitrogen and oxygen atoms in total. The lowest BCUT2D eigenvalue weighted by atomic mass is 10.1. The van der Waals surface area contributed by atoms with E-state index < -0.39 is 4.92 Å². The van der Waals surface area contributed by atoms with Gasteiger partial charge in [0.2, 0.25) is 0 Å². The van der Waals surface area contributed by atoms with Gasteiger partial charge < -0.3 is 5.73 Å². The molecule has 0 spiro atoms. The summed E-state index contributed by atoms with van der Waals surface area (Å²) in [7, 11) is 0. The van der Waals surface area contributed by atoms with Crippen LogP contribution in [-0.2, 0) is 6.54 Å². The van der Waals surface area contributed by atoms with Gasteiger partial charge in [-0.15, -0.1) is 11.3 Å². The second kappa shape index (κ2) is 4.98. The number of fused-ring (bicyclic) bond motifs is 1. The Hall–Kier alpha value is -2.74. The van der Waals surface area contributed by atoms with Crippen molar-refractivity contribution in [2.45, 2.75) is 6.54 Å². The van der Waals surface area contributed by atoms with Crippen LogP contribution < -0.4 is 11.3 Å². The first-order chi connectivity index (χ1) is 10.1. The van der Waals surface area contributed by atoms with Gasteiger partial charge in [0.1, 0.15) is 10.4 Å². The number of hydrogen-bond acceptors (Lipinski definition) is 6. The Labute approximate surface area is 122 Å². The summed E-state index contributed by atoms with van der Waals surface area (Å²) in [6.45, 7) is 0.266. The first-order valence-corrected chi connectivity index (χ1v) is 6.89. The molecule has 8 heteroatoms. The first-order valence-electron chi connectivity index (χ1n) is 6.01. The number of hydrogen-bond donors (Lipinski definition) is 1. The molecule has 2 heterocycles. The molecule has 0 aliphatic rings. The van der Waals surface area contributed by atoms with Crippen LogP contribution in [0.1, 0.15) is 5.56 Å². The molecule has 0 radical (unpaired) electrons. The number of aromatic nitrogens is 2. The summed E-state index contributed by atoms with van der Waals surface area (Å²) in [5, 5.41) is 12.5. The summed E-state index contributed by atoms with van der Waals surface area (Å²) in [5.41, 5.74) is 6.83. The topological polar surface area (TPSA) is 104 Å². The molecule has 106 valence electrons. The molecule has 3 rings (SSSR count). The third-order valence-corrected chi connectivity index (χ3v) is 3.97. The molecule has 2 aromatic heterocycles. The highest BCUT2D eigenvalue weighted by molar-refractivity contribution is 7.17. The molecular weight excluding hydrogens is 292 g/mol. The minimum absolute atomic E-state index is 0.0794. The second-order valence-corrected chi connectivity index (χ2v) is 5.38. The van der Waals surface area contributed by atoms with Crippen LogP contribution in [0.3, 0.4) is 0 Å². The zero-order chi connectivity index (χ0) is 15.0. The third-order valence-electron chi connectivity index (χ3n) is 3.08. The van der Waals surface area contributed by atoms with Crippen molar-refractivity contribution in [2.75, 3.05) is 5.73 Å². The van der Waals surface area contributed by atoms with Gasteiger partial charge in [-0.05, 0) is 23.1 Å². The van der Waals surface area contributed by atoms with Crippen LogP contribution in [0.15, 0.2) is 40.8 Å². The first kappa shape index (κ1) is 13.3. The van der Waals surface area contributed by atoms with Gasteiger partial charge in [-0.25, -0.2) is 4.98 Å². The van der Waals surface area contributed by atoms with E-state index in [-0.39, 0.29) is 23.5 Å². The number of nitro benzene ring substituents is 1. The van der Waals surface area contributed by atoms with Crippen molar-refractivity contribution >= 4 is 32.9 Å². The van der Waals surface area contributed by atoms with E-state index in [0.29, 0.717) is 15.8 Å². The minimum atomic E-state index is -0.537. The van der Waals surface area contributed by atoms with Gasteiger partial charge in [-0.3, -0.25) is 19.5 Å². The van der Waals surface area contributed by atoms with Crippen molar-refractivity contribution in [3.8, 4) is 0 Å². The predicted octanol–water partition coefficient (Wildman–Crippen LogP) is 2.00. The number of nitrogens with zero attached hydrogens (tertiary/aromatic N) is 3. The fraction of sp³-hybridized carbons (Fsp3) is 0.0769. The largest absolute Gasteiger partial charge is 0.393 e. The number of nitro groups is 1. The zero-order valence-electron chi connectivity index (χ0n) is 10.7. The lowest BCUT2D eigenvalue weighted by Crippen LogP contribution is -2.20. The molecule has 0 amide bonds. The minimum Gasteiger partial charge on any atom is -0.393 e. The van der Waals surface area contributed by atoms with Crippen LogP contribution in [0.25, 0.3) is 10.2 Å². The Balaban J connectivity index is 1.99. The van der Waals surface area contributed by atoms with E-state index >= 15 is 0 Å². The molecule has 0 unspecified atom stereocenters. The van der Waals surface area contributed by atoms with Crippen molar-refractivity contribution in [1.82, 2.24) is 9.55 Å². The average Bonchev–Trinajstić information content (AvgIpc) is 2.91.